The minimum Gasteiger partial charge on any atom is -0.374 e. The van der Waals surface area contributed by atoms with E-state index in [1.54, 1.807) is 0 Å². The molecule has 0 spiro atoms. The van der Waals surface area contributed by atoms with Crippen LogP contribution in [-0.4, -0.2) is 66.7 Å². The molecule has 0 radical (unpaired) electrons. The van der Waals surface area contributed by atoms with Crippen LogP contribution in [0.4, 0.5) is 5.95 Å². The molecular weight excluding hydrogens is 402 g/mol. The lowest BCUT2D eigenvalue weighted by atomic mass is 10.1. The molecule has 1 atom stereocenters. The molecule has 1 saturated heterocycles. The Hall–Kier alpha value is -2.90. The predicted octanol–water partition coefficient (Wildman–Crippen LogP) is 3.36. The standard InChI is InChI=1S/C25H33N5O2/c1-20(21-9-3-2-4-10-21)32-18-7-13-26-24(31)19-29-14-8-15-30(17-16-29)25-27-22-11-5-6-12-23(22)28-25/h2-6,9-12,20H,7-8,13-19H2,1H3,(H,26,31)(H,27,28). The van der Waals surface area contributed by atoms with Gasteiger partial charge in [0, 0.05) is 39.3 Å². The number of amides is 1. The Morgan fingerprint density at radius 3 is 2.75 bits per heavy atom. The van der Waals surface area contributed by atoms with Crippen LogP contribution in [-0.2, 0) is 9.53 Å². The second-order valence-electron chi connectivity index (χ2n) is 8.32. The molecule has 1 amide bonds. The lowest BCUT2D eigenvalue weighted by Crippen LogP contribution is -2.39. The quantitative estimate of drug-likeness (QED) is 0.504. The van der Waals surface area contributed by atoms with Gasteiger partial charge in [-0.1, -0.05) is 42.5 Å². The van der Waals surface area contributed by atoms with Crippen LogP contribution in [0.15, 0.2) is 54.6 Å². The summed E-state index contributed by atoms with van der Waals surface area (Å²) in [6.45, 7) is 7.33. The molecule has 1 aliphatic heterocycles. The van der Waals surface area contributed by atoms with Crippen molar-refractivity contribution in [3.8, 4) is 0 Å². The van der Waals surface area contributed by atoms with Gasteiger partial charge in [-0.2, -0.15) is 0 Å². The molecule has 1 fully saturated rings. The number of nitrogens with one attached hydrogen (secondary N) is 2. The molecule has 0 saturated carbocycles. The average Bonchev–Trinajstić information content (AvgIpc) is 3.12. The number of anilines is 1. The van der Waals surface area contributed by atoms with Gasteiger partial charge >= 0.3 is 0 Å². The molecule has 32 heavy (non-hydrogen) atoms. The summed E-state index contributed by atoms with van der Waals surface area (Å²) < 4.78 is 5.88. The van der Waals surface area contributed by atoms with E-state index in [2.05, 4.69) is 39.2 Å². The Kier molecular flexibility index (Phi) is 7.74. The van der Waals surface area contributed by atoms with E-state index in [9.17, 15) is 4.79 Å². The number of H-pyrrole nitrogens is 1. The number of hydrogen-bond donors (Lipinski definition) is 2. The third kappa shape index (κ3) is 6.08. The van der Waals surface area contributed by atoms with Crippen molar-refractivity contribution in [3.63, 3.8) is 0 Å². The topological polar surface area (TPSA) is 73.5 Å². The zero-order valence-corrected chi connectivity index (χ0v) is 18.8. The summed E-state index contributed by atoms with van der Waals surface area (Å²) in [5.41, 5.74) is 3.23. The first-order valence-electron chi connectivity index (χ1n) is 11.5. The van der Waals surface area contributed by atoms with Crippen LogP contribution in [0.5, 0.6) is 0 Å². The Morgan fingerprint density at radius 1 is 1.09 bits per heavy atom. The number of nitrogens with zero attached hydrogens (tertiary/aromatic N) is 3. The summed E-state index contributed by atoms with van der Waals surface area (Å²) in [6, 6.07) is 18.3. The van der Waals surface area contributed by atoms with Crippen LogP contribution >= 0.6 is 0 Å². The van der Waals surface area contributed by atoms with Crippen molar-refractivity contribution in [2.24, 2.45) is 0 Å². The van der Waals surface area contributed by atoms with Crippen LogP contribution in [0.3, 0.4) is 0 Å². The van der Waals surface area contributed by atoms with Crippen molar-refractivity contribution >= 4 is 22.9 Å². The minimum atomic E-state index is 0.0682. The number of fused-ring (bicyclic) bond motifs is 1. The fourth-order valence-corrected chi connectivity index (χ4v) is 4.07. The van der Waals surface area contributed by atoms with Gasteiger partial charge < -0.3 is 19.9 Å². The van der Waals surface area contributed by atoms with Crippen molar-refractivity contribution in [2.75, 3.05) is 50.8 Å². The normalized spacial score (nSPS) is 16.1. The predicted molar refractivity (Wildman–Crippen MR) is 128 cm³/mol. The van der Waals surface area contributed by atoms with E-state index in [0.29, 0.717) is 19.7 Å². The van der Waals surface area contributed by atoms with Crippen LogP contribution in [0, 0.1) is 0 Å². The molecule has 7 nitrogen and oxygen atoms in total. The molecule has 3 aromatic rings. The molecule has 0 bridgehead atoms. The molecular formula is C25H33N5O2. The van der Waals surface area contributed by atoms with Gasteiger partial charge in [-0.25, -0.2) is 4.98 Å². The maximum atomic E-state index is 12.4. The highest BCUT2D eigenvalue weighted by Gasteiger charge is 2.19. The molecule has 2 heterocycles. The number of imidazole rings is 1. The molecule has 1 unspecified atom stereocenters. The maximum absolute atomic E-state index is 12.4. The SMILES string of the molecule is CC(OCCCNC(=O)CN1CCCN(c2nc3ccccc3[nH]2)CC1)c1ccccc1. The molecule has 4 rings (SSSR count). The fourth-order valence-electron chi connectivity index (χ4n) is 4.07. The first-order chi connectivity index (χ1) is 15.7. The van der Waals surface area contributed by atoms with Gasteiger partial charge in [-0.3, -0.25) is 9.69 Å². The first-order valence-corrected chi connectivity index (χ1v) is 11.5. The Balaban J connectivity index is 1.14. The van der Waals surface area contributed by atoms with Crippen molar-refractivity contribution < 1.29 is 9.53 Å². The van der Waals surface area contributed by atoms with Crippen molar-refractivity contribution in [1.82, 2.24) is 20.2 Å². The summed E-state index contributed by atoms with van der Waals surface area (Å²) >= 11 is 0. The van der Waals surface area contributed by atoms with Gasteiger partial charge in [0.05, 0.1) is 23.7 Å². The largest absolute Gasteiger partial charge is 0.374 e. The zero-order chi connectivity index (χ0) is 22.2. The van der Waals surface area contributed by atoms with Crippen LogP contribution < -0.4 is 10.2 Å². The molecule has 1 aromatic heterocycles. The van der Waals surface area contributed by atoms with E-state index in [1.165, 1.54) is 5.56 Å². The van der Waals surface area contributed by atoms with Gasteiger partial charge in [0.15, 0.2) is 0 Å². The monoisotopic (exact) mass is 435 g/mol. The number of benzene rings is 2. The summed E-state index contributed by atoms with van der Waals surface area (Å²) in [5, 5.41) is 3.03. The molecule has 2 aromatic carbocycles. The van der Waals surface area contributed by atoms with Gasteiger partial charge in [0.2, 0.25) is 11.9 Å². The van der Waals surface area contributed by atoms with E-state index < -0.39 is 0 Å². The van der Waals surface area contributed by atoms with E-state index >= 15 is 0 Å². The zero-order valence-electron chi connectivity index (χ0n) is 18.8. The Bertz CT molecular complexity index is 957. The Labute approximate surface area is 189 Å². The number of aromatic amines is 1. The van der Waals surface area contributed by atoms with Gasteiger partial charge in [-0.05, 0) is 37.5 Å². The van der Waals surface area contributed by atoms with E-state index in [4.69, 9.17) is 9.72 Å². The molecule has 1 aliphatic rings. The van der Waals surface area contributed by atoms with Crippen LogP contribution in [0.2, 0.25) is 0 Å². The van der Waals surface area contributed by atoms with Crippen molar-refractivity contribution in [3.05, 3.63) is 60.2 Å². The summed E-state index contributed by atoms with van der Waals surface area (Å²) in [5.74, 6) is 1.00. The lowest BCUT2D eigenvalue weighted by molar-refractivity contribution is -0.122. The van der Waals surface area contributed by atoms with E-state index in [1.807, 2.05) is 42.5 Å². The molecule has 2 N–H and O–H groups in total. The lowest BCUT2D eigenvalue weighted by Gasteiger charge is -2.21. The average molecular weight is 436 g/mol. The highest BCUT2D eigenvalue weighted by atomic mass is 16.5. The van der Waals surface area contributed by atoms with Crippen LogP contribution in [0.1, 0.15) is 31.4 Å². The molecule has 170 valence electrons. The highest BCUT2D eigenvalue weighted by molar-refractivity contribution is 5.78. The number of rotatable bonds is 9. The third-order valence-corrected chi connectivity index (χ3v) is 5.91. The second kappa shape index (κ2) is 11.1. The van der Waals surface area contributed by atoms with Gasteiger partial charge in [0.1, 0.15) is 0 Å². The van der Waals surface area contributed by atoms with E-state index in [-0.39, 0.29) is 12.0 Å². The fraction of sp³-hybridized carbons (Fsp3) is 0.440. The van der Waals surface area contributed by atoms with E-state index in [0.717, 1.165) is 56.0 Å². The number of ether oxygens (including phenoxy) is 1. The summed E-state index contributed by atoms with van der Waals surface area (Å²) in [6.07, 6.45) is 1.89. The van der Waals surface area contributed by atoms with Gasteiger partial charge in [-0.15, -0.1) is 0 Å². The van der Waals surface area contributed by atoms with Crippen LogP contribution in [0.25, 0.3) is 11.0 Å². The maximum Gasteiger partial charge on any atom is 0.234 e. The minimum absolute atomic E-state index is 0.0682. The Morgan fingerprint density at radius 2 is 1.91 bits per heavy atom. The number of para-hydroxylation sites is 2. The van der Waals surface area contributed by atoms with Crippen molar-refractivity contribution in [2.45, 2.75) is 25.9 Å². The number of carbonyl (C=O) groups excluding carboxylic acids is 1. The molecule has 7 heteroatoms. The first kappa shape index (κ1) is 22.3. The smallest absolute Gasteiger partial charge is 0.234 e. The number of aromatic nitrogens is 2. The summed E-state index contributed by atoms with van der Waals surface area (Å²) in [7, 11) is 0. The third-order valence-electron chi connectivity index (χ3n) is 5.91. The molecule has 0 aliphatic carbocycles. The van der Waals surface area contributed by atoms with Gasteiger partial charge in [0.25, 0.3) is 0 Å². The number of hydrogen-bond acceptors (Lipinski definition) is 5. The number of carbonyl (C=O) groups is 1. The van der Waals surface area contributed by atoms with Crippen molar-refractivity contribution in [1.29, 1.82) is 0 Å². The highest BCUT2D eigenvalue weighted by Crippen LogP contribution is 2.18. The second-order valence-corrected chi connectivity index (χ2v) is 8.32. The summed E-state index contributed by atoms with van der Waals surface area (Å²) in [4.78, 5) is 25.0.